The van der Waals surface area contributed by atoms with Gasteiger partial charge in [-0.3, -0.25) is 4.98 Å². The Morgan fingerprint density at radius 1 is 1.10 bits per heavy atom. The van der Waals surface area contributed by atoms with E-state index in [9.17, 15) is 4.39 Å². The molecule has 1 aromatic carbocycles. The van der Waals surface area contributed by atoms with Gasteiger partial charge >= 0.3 is 0 Å². The number of halogens is 1. The van der Waals surface area contributed by atoms with Crippen molar-refractivity contribution in [1.29, 1.82) is 0 Å². The fraction of sp³-hybridized carbons (Fsp3) is 0.0714. The summed E-state index contributed by atoms with van der Waals surface area (Å²) in [7, 11) is 0. The number of hydrogen-bond donors (Lipinski definition) is 1. The van der Waals surface area contributed by atoms with Gasteiger partial charge in [0.05, 0.1) is 29.3 Å². The summed E-state index contributed by atoms with van der Waals surface area (Å²) < 4.78 is 15.4. The largest absolute Gasteiger partial charge is 0.318 e. The van der Waals surface area contributed by atoms with Gasteiger partial charge < -0.3 is 5.73 Å². The van der Waals surface area contributed by atoms with Crippen LogP contribution in [0.3, 0.4) is 0 Å². The summed E-state index contributed by atoms with van der Waals surface area (Å²) in [5.74, 6) is -0.444. The maximum Gasteiger partial charge on any atom is 0.146 e. The predicted molar refractivity (Wildman–Crippen MR) is 71.6 cm³/mol. The molecule has 2 heterocycles. The Morgan fingerprint density at radius 2 is 1.90 bits per heavy atom. The van der Waals surface area contributed by atoms with E-state index < -0.39 is 11.9 Å². The van der Waals surface area contributed by atoms with Crippen LogP contribution in [0.2, 0.25) is 0 Å². The van der Waals surface area contributed by atoms with Crippen LogP contribution in [-0.4, -0.2) is 20.0 Å². The third-order valence-corrected chi connectivity index (χ3v) is 2.98. The van der Waals surface area contributed by atoms with Crippen molar-refractivity contribution in [2.45, 2.75) is 6.04 Å². The van der Waals surface area contributed by atoms with Crippen LogP contribution < -0.4 is 5.73 Å². The molecule has 2 aromatic heterocycles. The lowest BCUT2D eigenvalue weighted by Crippen LogP contribution is -2.19. The highest BCUT2D eigenvalue weighted by Crippen LogP contribution is 2.21. The first kappa shape index (κ1) is 12.4. The molecule has 0 fully saturated rings. The van der Waals surface area contributed by atoms with Crippen molar-refractivity contribution >= 4 is 0 Å². The van der Waals surface area contributed by atoms with Crippen molar-refractivity contribution in [1.82, 2.24) is 20.0 Å². The van der Waals surface area contributed by atoms with Gasteiger partial charge in [-0.05, 0) is 24.3 Å². The Kier molecular flexibility index (Phi) is 3.22. The van der Waals surface area contributed by atoms with Crippen molar-refractivity contribution in [3.63, 3.8) is 0 Å². The zero-order valence-electron chi connectivity index (χ0n) is 10.5. The monoisotopic (exact) mass is 269 g/mol. The van der Waals surface area contributed by atoms with Crippen LogP contribution in [0.1, 0.15) is 17.4 Å². The van der Waals surface area contributed by atoms with E-state index >= 15 is 0 Å². The maximum absolute atomic E-state index is 13.8. The third-order valence-electron chi connectivity index (χ3n) is 2.98. The molecule has 0 aliphatic heterocycles. The van der Waals surface area contributed by atoms with Crippen LogP contribution in [0.5, 0.6) is 0 Å². The van der Waals surface area contributed by atoms with Gasteiger partial charge in [0.15, 0.2) is 0 Å². The highest BCUT2D eigenvalue weighted by atomic mass is 19.1. The Labute approximate surface area is 114 Å². The summed E-state index contributed by atoms with van der Waals surface area (Å²) >= 11 is 0. The minimum Gasteiger partial charge on any atom is -0.318 e. The third kappa shape index (κ3) is 2.17. The van der Waals surface area contributed by atoms with E-state index in [0.29, 0.717) is 5.69 Å². The molecule has 5 nitrogen and oxygen atoms in total. The summed E-state index contributed by atoms with van der Waals surface area (Å²) in [5.41, 5.74) is 7.66. The topological polar surface area (TPSA) is 69.6 Å². The zero-order valence-corrected chi connectivity index (χ0v) is 10.5. The number of benzene rings is 1. The molecule has 1 unspecified atom stereocenters. The van der Waals surface area contributed by atoms with Crippen LogP contribution in [-0.2, 0) is 0 Å². The number of hydrogen-bond acceptors (Lipinski definition) is 4. The van der Waals surface area contributed by atoms with E-state index in [0.717, 1.165) is 5.69 Å². The first-order valence-corrected chi connectivity index (χ1v) is 6.09. The molecule has 3 aromatic rings. The molecule has 0 aliphatic rings. The molecule has 2 N–H and O–H groups in total. The SMILES string of the molecule is NC(c1ncccc1F)c1cnnn1-c1ccccc1. The summed E-state index contributed by atoms with van der Waals surface area (Å²) in [6.07, 6.45) is 3.03. The van der Waals surface area contributed by atoms with Crippen molar-refractivity contribution < 1.29 is 4.39 Å². The van der Waals surface area contributed by atoms with Crippen molar-refractivity contribution in [3.05, 3.63) is 72.1 Å². The molecule has 0 spiro atoms. The van der Waals surface area contributed by atoms with E-state index in [-0.39, 0.29) is 5.69 Å². The van der Waals surface area contributed by atoms with Gasteiger partial charge in [0.2, 0.25) is 0 Å². The molecule has 0 saturated heterocycles. The molecular weight excluding hydrogens is 257 g/mol. The molecule has 20 heavy (non-hydrogen) atoms. The lowest BCUT2D eigenvalue weighted by atomic mass is 10.1. The number of aromatic nitrogens is 4. The second kappa shape index (κ2) is 5.18. The summed E-state index contributed by atoms with van der Waals surface area (Å²) in [6.45, 7) is 0. The Balaban J connectivity index is 2.04. The van der Waals surface area contributed by atoms with Gasteiger partial charge in [0.25, 0.3) is 0 Å². The first-order chi connectivity index (χ1) is 9.77. The van der Waals surface area contributed by atoms with Gasteiger partial charge in [0, 0.05) is 6.20 Å². The second-order valence-electron chi connectivity index (χ2n) is 4.25. The normalized spacial score (nSPS) is 12.3. The second-order valence-corrected chi connectivity index (χ2v) is 4.25. The molecule has 0 aliphatic carbocycles. The summed E-state index contributed by atoms with van der Waals surface area (Å²) in [6, 6.07) is 11.5. The van der Waals surface area contributed by atoms with Crippen LogP contribution in [0.15, 0.2) is 54.9 Å². The van der Waals surface area contributed by atoms with Crippen molar-refractivity contribution in [2.24, 2.45) is 5.73 Å². The highest BCUT2D eigenvalue weighted by Gasteiger charge is 2.20. The predicted octanol–water partition coefficient (Wildman–Crippen LogP) is 1.85. The Bertz CT molecular complexity index is 710. The van der Waals surface area contributed by atoms with Gasteiger partial charge in [-0.15, -0.1) is 5.10 Å². The summed E-state index contributed by atoms with van der Waals surface area (Å²) in [4.78, 5) is 4.00. The molecule has 0 saturated carbocycles. The fourth-order valence-corrected chi connectivity index (χ4v) is 1.99. The number of para-hydroxylation sites is 1. The number of rotatable bonds is 3. The minimum atomic E-state index is -0.730. The standard InChI is InChI=1S/C14H12FN5/c15-11-7-4-8-17-14(11)13(16)12-9-18-19-20(12)10-5-2-1-3-6-10/h1-9,13H,16H2. The molecule has 0 bridgehead atoms. The van der Waals surface area contributed by atoms with Crippen LogP contribution >= 0.6 is 0 Å². The van der Waals surface area contributed by atoms with Crippen LogP contribution in [0.4, 0.5) is 4.39 Å². The first-order valence-electron chi connectivity index (χ1n) is 6.09. The quantitative estimate of drug-likeness (QED) is 0.787. The van der Waals surface area contributed by atoms with Gasteiger partial charge in [0.1, 0.15) is 5.82 Å². The molecule has 100 valence electrons. The van der Waals surface area contributed by atoms with Gasteiger partial charge in [-0.1, -0.05) is 23.4 Å². The lowest BCUT2D eigenvalue weighted by molar-refractivity contribution is 0.578. The van der Waals surface area contributed by atoms with E-state index in [4.69, 9.17) is 5.73 Å². The van der Waals surface area contributed by atoms with E-state index in [2.05, 4.69) is 15.3 Å². The molecule has 1 atom stereocenters. The highest BCUT2D eigenvalue weighted by molar-refractivity contribution is 5.34. The van der Waals surface area contributed by atoms with E-state index in [1.165, 1.54) is 24.5 Å². The average molecular weight is 269 g/mol. The van der Waals surface area contributed by atoms with Crippen molar-refractivity contribution in [2.75, 3.05) is 0 Å². The van der Waals surface area contributed by atoms with Gasteiger partial charge in [-0.25, -0.2) is 9.07 Å². The number of nitrogens with zero attached hydrogens (tertiary/aromatic N) is 4. The number of nitrogens with two attached hydrogens (primary N) is 1. The average Bonchev–Trinajstić information content (AvgIpc) is 2.97. The van der Waals surface area contributed by atoms with E-state index in [1.807, 2.05) is 30.3 Å². The fourth-order valence-electron chi connectivity index (χ4n) is 1.99. The molecular formula is C14H12FN5. The molecule has 6 heteroatoms. The zero-order chi connectivity index (χ0) is 13.9. The van der Waals surface area contributed by atoms with Crippen molar-refractivity contribution in [3.8, 4) is 5.69 Å². The Morgan fingerprint density at radius 3 is 2.65 bits per heavy atom. The minimum absolute atomic E-state index is 0.173. The molecule has 3 rings (SSSR count). The Hall–Kier alpha value is -2.60. The lowest BCUT2D eigenvalue weighted by Gasteiger charge is -2.13. The smallest absolute Gasteiger partial charge is 0.146 e. The van der Waals surface area contributed by atoms with Gasteiger partial charge in [-0.2, -0.15) is 0 Å². The van der Waals surface area contributed by atoms with Crippen LogP contribution in [0, 0.1) is 5.82 Å². The molecule has 0 radical (unpaired) electrons. The van der Waals surface area contributed by atoms with Crippen LogP contribution in [0.25, 0.3) is 5.69 Å². The number of pyridine rings is 1. The maximum atomic E-state index is 13.8. The van der Waals surface area contributed by atoms with E-state index in [1.54, 1.807) is 4.68 Å². The summed E-state index contributed by atoms with van der Waals surface area (Å²) in [5, 5.41) is 7.86. The molecule has 0 amide bonds.